The quantitative estimate of drug-likeness (QED) is 0.375. The van der Waals surface area contributed by atoms with Crippen LogP contribution < -0.4 is 0 Å². The first-order valence-corrected chi connectivity index (χ1v) is 11.8. The summed E-state index contributed by atoms with van der Waals surface area (Å²) in [4.78, 5) is 35.1. The summed E-state index contributed by atoms with van der Waals surface area (Å²) in [6.07, 6.45) is -1.60. The number of hydrogen-bond acceptors (Lipinski definition) is 9. The fraction of sp³-hybridized carbons (Fsp3) is 1.00. The van der Waals surface area contributed by atoms with Crippen molar-refractivity contribution in [2.24, 2.45) is 0 Å². The monoisotopic (exact) mass is 422 g/mol. The van der Waals surface area contributed by atoms with Crippen LogP contribution in [0.5, 0.6) is 0 Å². The third kappa shape index (κ3) is 11.7. The van der Waals surface area contributed by atoms with E-state index in [0.29, 0.717) is 0 Å². The Balaban J connectivity index is 5.25. The molecule has 0 amide bonds. The standard InChI is InChI=1S/C6H18O13P4/c1-5(2)15-23(14,16-6(3)4)19-22(12,13)18-21(10,11)17-20(7,8)9/h5-6H,1-4H3,(H,10,11)(H,12,13)(H2,7,8,9). The minimum atomic E-state index is -5.72. The third-order valence-corrected chi connectivity index (χ3v) is 7.61. The molecule has 0 aromatic rings. The molecule has 2 unspecified atom stereocenters. The van der Waals surface area contributed by atoms with Gasteiger partial charge in [-0.15, -0.1) is 0 Å². The van der Waals surface area contributed by atoms with E-state index in [9.17, 15) is 23.2 Å². The van der Waals surface area contributed by atoms with Gasteiger partial charge in [-0.2, -0.15) is 12.9 Å². The highest BCUT2D eigenvalue weighted by molar-refractivity contribution is 7.69. The van der Waals surface area contributed by atoms with Crippen LogP contribution in [-0.2, 0) is 40.2 Å². The van der Waals surface area contributed by atoms with Gasteiger partial charge in [0, 0.05) is 0 Å². The van der Waals surface area contributed by atoms with Gasteiger partial charge in [0.1, 0.15) is 0 Å². The molecule has 4 N–H and O–H groups in total. The topological polar surface area (TPSA) is 195 Å². The van der Waals surface area contributed by atoms with E-state index in [2.05, 4.69) is 12.9 Å². The van der Waals surface area contributed by atoms with Crippen molar-refractivity contribution in [1.82, 2.24) is 0 Å². The van der Waals surface area contributed by atoms with Gasteiger partial charge >= 0.3 is 31.3 Å². The number of phosphoric acid groups is 4. The molecule has 23 heavy (non-hydrogen) atoms. The molecule has 0 rings (SSSR count). The molecule has 0 fully saturated rings. The van der Waals surface area contributed by atoms with Crippen molar-refractivity contribution in [1.29, 1.82) is 0 Å². The molecule has 2 atom stereocenters. The second kappa shape index (κ2) is 8.29. The molecule has 0 aliphatic carbocycles. The van der Waals surface area contributed by atoms with Crippen LogP contribution in [-0.4, -0.2) is 31.8 Å². The van der Waals surface area contributed by atoms with E-state index in [0.717, 1.165) is 0 Å². The molecule has 0 aromatic carbocycles. The molecule has 0 aliphatic heterocycles. The van der Waals surface area contributed by atoms with E-state index in [1.807, 2.05) is 0 Å². The molecule has 0 saturated carbocycles. The van der Waals surface area contributed by atoms with Crippen LogP contribution >= 0.6 is 31.3 Å². The predicted octanol–water partition coefficient (Wildman–Crippen LogP) is 2.29. The highest BCUT2D eigenvalue weighted by Crippen LogP contribution is 2.72. The van der Waals surface area contributed by atoms with E-state index in [4.69, 9.17) is 23.7 Å². The molecule has 0 spiro atoms. The molecule has 140 valence electrons. The Labute approximate surface area is 132 Å². The van der Waals surface area contributed by atoms with Crippen molar-refractivity contribution in [2.45, 2.75) is 39.9 Å². The van der Waals surface area contributed by atoms with Crippen molar-refractivity contribution in [3.8, 4) is 0 Å². The summed E-state index contributed by atoms with van der Waals surface area (Å²) < 4.78 is 66.0. The number of rotatable bonds is 10. The first-order chi connectivity index (χ1) is 9.95. The molecule has 0 bridgehead atoms. The van der Waals surface area contributed by atoms with Crippen molar-refractivity contribution in [3.05, 3.63) is 0 Å². The van der Waals surface area contributed by atoms with Crippen LogP contribution in [0.15, 0.2) is 0 Å². The van der Waals surface area contributed by atoms with Gasteiger partial charge in [0.25, 0.3) is 0 Å². The van der Waals surface area contributed by atoms with Gasteiger partial charge in [-0.25, -0.2) is 18.3 Å². The van der Waals surface area contributed by atoms with Crippen molar-refractivity contribution in [2.75, 3.05) is 0 Å². The summed E-state index contributed by atoms with van der Waals surface area (Å²) in [7, 11) is -21.6. The molecule has 0 aliphatic rings. The van der Waals surface area contributed by atoms with Gasteiger partial charge in [0.15, 0.2) is 0 Å². The first kappa shape index (κ1) is 23.6. The van der Waals surface area contributed by atoms with Crippen molar-refractivity contribution in [3.63, 3.8) is 0 Å². The zero-order valence-corrected chi connectivity index (χ0v) is 16.0. The summed E-state index contributed by atoms with van der Waals surface area (Å²) in [5.74, 6) is 0. The summed E-state index contributed by atoms with van der Waals surface area (Å²) in [6.45, 7) is 5.54. The van der Waals surface area contributed by atoms with Crippen LogP contribution in [0.3, 0.4) is 0 Å². The lowest BCUT2D eigenvalue weighted by Gasteiger charge is -2.23. The number of hydrogen-bond donors (Lipinski definition) is 4. The summed E-state index contributed by atoms with van der Waals surface area (Å²) in [5, 5.41) is 0. The number of phosphoric ester groups is 1. The van der Waals surface area contributed by atoms with Crippen LogP contribution in [0, 0.1) is 0 Å². The van der Waals surface area contributed by atoms with E-state index >= 15 is 0 Å². The highest BCUT2D eigenvalue weighted by atomic mass is 31.3. The molecule has 0 radical (unpaired) electrons. The van der Waals surface area contributed by atoms with Gasteiger partial charge in [-0.3, -0.25) is 9.05 Å². The lowest BCUT2D eigenvalue weighted by molar-refractivity contribution is 0.0940. The Hall–Kier alpha value is 0.560. The van der Waals surface area contributed by atoms with Gasteiger partial charge in [0.05, 0.1) is 12.2 Å². The van der Waals surface area contributed by atoms with Gasteiger partial charge in [-0.1, -0.05) is 0 Å². The fourth-order valence-electron chi connectivity index (χ4n) is 1.00. The minimum Gasteiger partial charge on any atom is -0.302 e. The van der Waals surface area contributed by atoms with Crippen molar-refractivity contribution >= 4 is 31.3 Å². The normalized spacial score (nSPS) is 18.9. The smallest absolute Gasteiger partial charge is 0.302 e. The maximum absolute atomic E-state index is 12.2. The highest BCUT2D eigenvalue weighted by Gasteiger charge is 2.46. The zero-order chi connectivity index (χ0) is 18.7. The molecular weight excluding hydrogens is 404 g/mol. The molecule has 17 heteroatoms. The molecule has 0 saturated heterocycles. The van der Waals surface area contributed by atoms with Crippen LogP contribution in [0.4, 0.5) is 0 Å². The molecule has 13 nitrogen and oxygen atoms in total. The lowest BCUT2D eigenvalue weighted by atomic mass is 10.5. The largest absolute Gasteiger partial charge is 0.490 e. The van der Waals surface area contributed by atoms with Crippen molar-refractivity contribution < 1.29 is 59.8 Å². The first-order valence-electron chi connectivity index (χ1n) is 5.77. The summed E-state index contributed by atoms with van der Waals surface area (Å²) in [5.41, 5.74) is 0. The summed E-state index contributed by atoms with van der Waals surface area (Å²) >= 11 is 0. The maximum atomic E-state index is 12.2. The van der Waals surface area contributed by atoms with Gasteiger partial charge in [-0.05, 0) is 27.7 Å². The Morgan fingerprint density at radius 2 is 1.00 bits per heavy atom. The molecule has 0 aromatic heterocycles. The van der Waals surface area contributed by atoms with Crippen LogP contribution in [0.25, 0.3) is 0 Å². The lowest BCUT2D eigenvalue weighted by Crippen LogP contribution is -2.09. The predicted molar refractivity (Wildman–Crippen MR) is 75.0 cm³/mol. The molecule has 0 heterocycles. The van der Waals surface area contributed by atoms with Crippen LogP contribution in [0.2, 0.25) is 0 Å². The average molecular weight is 422 g/mol. The zero-order valence-electron chi connectivity index (χ0n) is 12.4. The SMILES string of the molecule is CC(C)OP(=O)(OC(C)C)OP(=O)(O)OP(=O)(O)OP(=O)(O)O. The Bertz CT molecular complexity index is 563. The van der Waals surface area contributed by atoms with E-state index < -0.39 is 43.5 Å². The van der Waals surface area contributed by atoms with E-state index in [1.165, 1.54) is 27.7 Å². The molecular formula is C6H18O13P4. The van der Waals surface area contributed by atoms with Crippen LogP contribution in [0.1, 0.15) is 27.7 Å². The Kier molecular flexibility index (Phi) is 8.49. The Morgan fingerprint density at radius 3 is 1.30 bits per heavy atom. The van der Waals surface area contributed by atoms with E-state index in [1.54, 1.807) is 0 Å². The average Bonchev–Trinajstić information content (AvgIpc) is 2.02. The third-order valence-electron chi connectivity index (χ3n) is 1.30. The van der Waals surface area contributed by atoms with Gasteiger partial charge in [0.2, 0.25) is 0 Å². The summed E-state index contributed by atoms with van der Waals surface area (Å²) in [6, 6.07) is 0. The fourth-order valence-corrected chi connectivity index (χ4v) is 6.30. The minimum absolute atomic E-state index is 0.799. The van der Waals surface area contributed by atoms with E-state index in [-0.39, 0.29) is 0 Å². The van der Waals surface area contributed by atoms with Gasteiger partial charge < -0.3 is 19.6 Å². The second-order valence-corrected chi connectivity index (χ2v) is 10.6. The Morgan fingerprint density at radius 1 is 0.652 bits per heavy atom. The maximum Gasteiger partial charge on any atom is 0.490 e. The second-order valence-electron chi connectivity index (χ2n) is 4.43.